The van der Waals surface area contributed by atoms with Crippen LogP contribution in [-0.2, 0) is 16.1 Å². The smallest absolute Gasteiger partial charge is 0.275 e. The number of amides is 2. The van der Waals surface area contributed by atoms with Gasteiger partial charge in [-0.25, -0.2) is 19.3 Å². The van der Waals surface area contributed by atoms with Crippen molar-refractivity contribution in [3.63, 3.8) is 0 Å². The van der Waals surface area contributed by atoms with Gasteiger partial charge >= 0.3 is 0 Å². The number of piperidine rings is 2. The quantitative estimate of drug-likeness (QED) is 0.238. The Hall–Kier alpha value is -5.76. The standard InChI is InChI=1S/C38H40N10O4/c49-34-9-8-33(37(51)43-34)48-38(52)32-7-6-30(20-29(32)21-42-48)45-13-10-26(11-14-45)24-44-15-17-46(18-16-44)31-22-39-36(40-23-31)28-4-1-3-27(19-28)25-47-35(50)5-2-12-41-47/h1-7,12,19-23,26,33H,8-11,13-18,24-25H2,(H,43,49,51). The zero-order valence-electron chi connectivity index (χ0n) is 28.8. The topological polar surface area (TPSA) is 151 Å². The van der Waals surface area contributed by atoms with E-state index in [0.29, 0.717) is 23.7 Å². The minimum Gasteiger partial charge on any atom is -0.371 e. The van der Waals surface area contributed by atoms with Crippen LogP contribution in [0.1, 0.15) is 37.3 Å². The van der Waals surface area contributed by atoms with E-state index in [9.17, 15) is 19.2 Å². The molecular weight excluding hydrogens is 660 g/mol. The molecule has 5 aromatic rings. The van der Waals surface area contributed by atoms with Crippen LogP contribution in [-0.4, -0.2) is 92.1 Å². The molecule has 1 unspecified atom stereocenters. The first kappa shape index (κ1) is 33.4. The number of nitrogens with one attached hydrogen (secondary N) is 1. The second kappa shape index (κ2) is 14.5. The molecule has 3 saturated heterocycles. The predicted molar refractivity (Wildman–Crippen MR) is 196 cm³/mol. The first-order valence-corrected chi connectivity index (χ1v) is 17.9. The van der Waals surface area contributed by atoms with Crippen LogP contribution < -0.4 is 26.2 Å². The molecule has 2 aromatic carbocycles. The molecule has 3 fully saturated rings. The van der Waals surface area contributed by atoms with E-state index >= 15 is 0 Å². The molecule has 3 aromatic heterocycles. The van der Waals surface area contributed by atoms with Gasteiger partial charge in [0.2, 0.25) is 5.91 Å². The van der Waals surface area contributed by atoms with Crippen LogP contribution in [0.15, 0.2) is 89.0 Å². The fraction of sp³-hybridized carbons (Fsp3) is 0.368. The molecule has 8 rings (SSSR count). The molecule has 2 amide bonds. The highest BCUT2D eigenvalue weighted by molar-refractivity contribution is 5.99. The largest absolute Gasteiger partial charge is 0.371 e. The number of carbonyl (C=O) groups excluding carboxylic acids is 2. The van der Waals surface area contributed by atoms with Gasteiger partial charge in [0.25, 0.3) is 17.0 Å². The van der Waals surface area contributed by atoms with E-state index in [1.807, 2.05) is 54.9 Å². The Labute approximate surface area is 299 Å². The van der Waals surface area contributed by atoms with Crippen molar-refractivity contribution in [2.24, 2.45) is 5.92 Å². The van der Waals surface area contributed by atoms with E-state index in [1.54, 1.807) is 18.5 Å². The molecule has 1 N–H and O–H groups in total. The van der Waals surface area contributed by atoms with Gasteiger partial charge in [0.15, 0.2) is 5.82 Å². The maximum absolute atomic E-state index is 13.2. The molecule has 52 heavy (non-hydrogen) atoms. The lowest BCUT2D eigenvalue weighted by molar-refractivity contribution is -0.136. The summed E-state index contributed by atoms with van der Waals surface area (Å²) in [5.74, 6) is 0.473. The Morgan fingerprint density at radius 2 is 1.54 bits per heavy atom. The summed E-state index contributed by atoms with van der Waals surface area (Å²) in [5.41, 5.74) is 3.50. The molecule has 14 heteroatoms. The number of piperazine rings is 1. The number of hydrogen-bond donors (Lipinski definition) is 1. The summed E-state index contributed by atoms with van der Waals surface area (Å²) in [7, 11) is 0. The summed E-state index contributed by atoms with van der Waals surface area (Å²) >= 11 is 0. The van der Waals surface area contributed by atoms with Crippen LogP contribution in [0.3, 0.4) is 0 Å². The van der Waals surface area contributed by atoms with Crippen LogP contribution >= 0.6 is 0 Å². The van der Waals surface area contributed by atoms with Crippen LogP contribution in [0.4, 0.5) is 11.4 Å². The third-order valence-electron chi connectivity index (χ3n) is 10.5. The molecule has 1 atom stereocenters. The van der Waals surface area contributed by atoms with Crippen LogP contribution in [0.2, 0.25) is 0 Å². The lowest BCUT2D eigenvalue weighted by Gasteiger charge is -2.40. The Morgan fingerprint density at radius 1 is 0.750 bits per heavy atom. The van der Waals surface area contributed by atoms with E-state index in [0.717, 1.165) is 86.5 Å². The van der Waals surface area contributed by atoms with Crippen molar-refractivity contribution in [3.8, 4) is 11.4 Å². The molecule has 0 saturated carbocycles. The number of rotatable bonds is 8. The molecule has 0 radical (unpaired) electrons. The van der Waals surface area contributed by atoms with Crippen LogP contribution in [0, 0.1) is 5.92 Å². The third-order valence-corrected chi connectivity index (χ3v) is 10.5. The van der Waals surface area contributed by atoms with E-state index in [4.69, 9.17) is 0 Å². The fourth-order valence-corrected chi connectivity index (χ4v) is 7.53. The van der Waals surface area contributed by atoms with E-state index in [-0.39, 0.29) is 29.9 Å². The summed E-state index contributed by atoms with van der Waals surface area (Å²) in [4.78, 5) is 65.8. The van der Waals surface area contributed by atoms with E-state index in [1.165, 1.54) is 15.4 Å². The van der Waals surface area contributed by atoms with Gasteiger partial charge in [-0.15, -0.1) is 0 Å². The number of carbonyl (C=O) groups is 2. The summed E-state index contributed by atoms with van der Waals surface area (Å²) in [6, 6.07) is 16.1. The monoisotopic (exact) mass is 700 g/mol. The van der Waals surface area contributed by atoms with Crippen molar-refractivity contribution in [1.82, 2.24) is 39.7 Å². The molecule has 14 nitrogen and oxygen atoms in total. The Kier molecular flexibility index (Phi) is 9.29. The maximum atomic E-state index is 13.2. The SMILES string of the molecule is O=C1CCC(n2ncc3cc(N4CCC(CN5CCN(c6cnc(-c7cccc(Cn8ncccc8=O)c7)nc6)CC5)CC4)ccc3c2=O)C(=O)N1. The molecule has 0 aliphatic carbocycles. The minimum atomic E-state index is -0.772. The number of benzene rings is 2. The molecule has 3 aliphatic heterocycles. The second-order valence-electron chi connectivity index (χ2n) is 13.8. The summed E-state index contributed by atoms with van der Waals surface area (Å²) in [5, 5.41) is 12.0. The van der Waals surface area contributed by atoms with Gasteiger partial charge in [0, 0.05) is 81.1 Å². The normalized spacial score (nSPS) is 18.9. The zero-order valence-corrected chi connectivity index (χ0v) is 28.8. The average Bonchev–Trinajstić information content (AvgIpc) is 3.17. The van der Waals surface area contributed by atoms with Gasteiger partial charge in [0.1, 0.15) is 6.04 Å². The Morgan fingerprint density at radius 3 is 2.31 bits per heavy atom. The summed E-state index contributed by atoms with van der Waals surface area (Å²) < 4.78 is 2.64. The zero-order chi connectivity index (χ0) is 35.6. The number of anilines is 2. The molecule has 266 valence electrons. The second-order valence-corrected chi connectivity index (χ2v) is 13.8. The van der Waals surface area contributed by atoms with Gasteiger partial charge < -0.3 is 9.80 Å². The van der Waals surface area contributed by atoms with Crippen molar-refractivity contribution in [2.75, 3.05) is 55.6 Å². The Balaban J connectivity index is 0.818. The first-order chi connectivity index (χ1) is 25.4. The lowest BCUT2D eigenvalue weighted by atomic mass is 9.95. The van der Waals surface area contributed by atoms with Crippen molar-refractivity contribution in [1.29, 1.82) is 0 Å². The number of imide groups is 1. The molecule has 6 heterocycles. The van der Waals surface area contributed by atoms with E-state index in [2.05, 4.69) is 40.2 Å². The third kappa shape index (κ3) is 7.06. The molecule has 3 aliphatic rings. The van der Waals surface area contributed by atoms with Crippen molar-refractivity contribution >= 4 is 34.0 Å². The lowest BCUT2D eigenvalue weighted by Crippen LogP contribution is -2.49. The Bertz CT molecular complexity index is 2220. The summed E-state index contributed by atoms with van der Waals surface area (Å²) in [6.07, 6.45) is 9.72. The van der Waals surface area contributed by atoms with Crippen LogP contribution in [0.5, 0.6) is 0 Å². The highest BCUT2D eigenvalue weighted by atomic mass is 16.2. The van der Waals surface area contributed by atoms with E-state index < -0.39 is 11.9 Å². The number of nitrogens with zero attached hydrogens (tertiary/aromatic N) is 9. The van der Waals surface area contributed by atoms with Crippen molar-refractivity contribution < 1.29 is 9.59 Å². The maximum Gasteiger partial charge on any atom is 0.275 e. The van der Waals surface area contributed by atoms with Gasteiger partial charge in [-0.2, -0.15) is 10.2 Å². The predicted octanol–water partition coefficient (Wildman–Crippen LogP) is 2.47. The molecular formula is C38H40N10O4. The number of fused-ring (bicyclic) bond motifs is 1. The van der Waals surface area contributed by atoms with Gasteiger partial charge in [-0.1, -0.05) is 18.2 Å². The summed E-state index contributed by atoms with van der Waals surface area (Å²) in [6.45, 7) is 7.20. The fourth-order valence-electron chi connectivity index (χ4n) is 7.53. The molecule has 0 spiro atoms. The van der Waals surface area contributed by atoms with Gasteiger partial charge in [0.05, 0.1) is 36.2 Å². The minimum absolute atomic E-state index is 0.137. The van der Waals surface area contributed by atoms with Crippen molar-refractivity contribution in [3.05, 3.63) is 106 Å². The average molecular weight is 701 g/mol. The highest BCUT2D eigenvalue weighted by Gasteiger charge is 2.30. The molecule has 0 bridgehead atoms. The van der Waals surface area contributed by atoms with Gasteiger partial charge in [-0.05, 0) is 61.1 Å². The number of hydrogen-bond acceptors (Lipinski definition) is 11. The highest BCUT2D eigenvalue weighted by Crippen LogP contribution is 2.28. The van der Waals surface area contributed by atoms with Crippen LogP contribution in [0.25, 0.3) is 22.2 Å². The number of aromatic nitrogens is 6. The first-order valence-electron chi connectivity index (χ1n) is 17.9. The van der Waals surface area contributed by atoms with Crippen molar-refractivity contribution in [2.45, 2.75) is 38.3 Å². The van der Waals surface area contributed by atoms with Gasteiger partial charge in [-0.3, -0.25) is 29.4 Å².